The number of carbonyl (C=O) groups is 2. The Balaban J connectivity index is 1.91. The summed E-state index contributed by atoms with van der Waals surface area (Å²) < 4.78 is 20.3. The summed E-state index contributed by atoms with van der Waals surface area (Å²) in [6.07, 6.45) is 1.42. The SMILES string of the molecule is COC(=O)c1ccc(/C=N/OCC(=O)Nc2cc(OC)c(OC)c(OC)c2)cc1. The summed E-state index contributed by atoms with van der Waals surface area (Å²) in [6, 6.07) is 9.76. The van der Waals surface area contributed by atoms with Crippen LogP contribution >= 0.6 is 0 Å². The molecule has 0 aliphatic rings. The quantitative estimate of drug-likeness (QED) is 0.390. The number of oxime groups is 1. The van der Waals surface area contributed by atoms with Gasteiger partial charge in [-0.05, 0) is 17.7 Å². The lowest BCUT2D eigenvalue weighted by atomic mass is 10.1. The van der Waals surface area contributed by atoms with Crippen molar-refractivity contribution in [1.29, 1.82) is 0 Å². The number of esters is 1. The average Bonchev–Trinajstić information content (AvgIpc) is 2.75. The number of methoxy groups -OCH3 is 4. The predicted molar refractivity (Wildman–Crippen MR) is 106 cm³/mol. The molecule has 2 aromatic carbocycles. The molecule has 2 rings (SSSR count). The third-order valence-corrected chi connectivity index (χ3v) is 3.75. The first-order valence-electron chi connectivity index (χ1n) is 8.46. The Labute approximate surface area is 168 Å². The van der Waals surface area contributed by atoms with Crippen molar-refractivity contribution in [2.75, 3.05) is 40.4 Å². The van der Waals surface area contributed by atoms with Crippen LogP contribution in [0.3, 0.4) is 0 Å². The van der Waals surface area contributed by atoms with E-state index in [-0.39, 0.29) is 6.61 Å². The fraction of sp³-hybridized carbons (Fsp3) is 0.250. The van der Waals surface area contributed by atoms with E-state index in [9.17, 15) is 9.59 Å². The number of carbonyl (C=O) groups excluding carboxylic acids is 2. The predicted octanol–water partition coefficient (Wildman–Crippen LogP) is 2.49. The van der Waals surface area contributed by atoms with Gasteiger partial charge in [0.25, 0.3) is 5.91 Å². The van der Waals surface area contributed by atoms with Gasteiger partial charge in [-0.1, -0.05) is 17.3 Å². The number of benzene rings is 2. The highest BCUT2D eigenvalue weighted by Crippen LogP contribution is 2.39. The van der Waals surface area contributed by atoms with Crippen molar-refractivity contribution in [1.82, 2.24) is 0 Å². The molecule has 0 radical (unpaired) electrons. The summed E-state index contributed by atoms with van der Waals surface area (Å²) in [5, 5.41) is 6.40. The van der Waals surface area contributed by atoms with E-state index in [1.165, 1.54) is 34.7 Å². The Morgan fingerprint density at radius 3 is 2.10 bits per heavy atom. The minimum atomic E-state index is -0.423. The zero-order chi connectivity index (χ0) is 21.2. The Bertz CT molecular complexity index is 854. The van der Waals surface area contributed by atoms with Crippen LogP contribution in [0.1, 0.15) is 15.9 Å². The van der Waals surface area contributed by atoms with E-state index in [2.05, 4.69) is 15.2 Å². The number of nitrogens with zero attached hydrogens (tertiary/aromatic N) is 1. The minimum Gasteiger partial charge on any atom is -0.493 e. The first-order valence-corrected chi connectivity index (χ1v) is 8.46. The molecule has 0 saturated carbocycles. The van der Waals surface area contributed by atoms with Gasteiger partial charge in [-0.3, -0.25) is 4.79 Å². The normalized spacial score (nSPS) is 10.3. The van der Waals surface area contributed by atoms with Gasteiger partial charge in [0.05, 0.1) is 40.2 Å². The van der Waals surface area contributed by atoms with E-state index < -0.39 is 11.9 Å². The largest absolute Gasteiger partial charge is 0.493 e. The fourth-order valence-electron chi connectivity index (χ4n) is 2.37. The molecule has 0 bridgehead atoms. The molecule has 0 aliphatic heterocycles. The number of hydrogen-bond donors (Lipinski definition) is 1. The van der Waals surface area contributed by atoms with Crippen LogP contribution in [0.5, 0.6) is 17.2 Å². The molecule has 0 heterocycles. The zero-order valence-corrected chi connectivity index (χ0v) is 16.6. The van der Waals surface area contributed by atoms with Gasteiger partial charge in [0.1, 0.15) is 0 Å². The van der Waals surface area contributed by atoms with Crippen molar-refractivity contribution >= 4 is 23.8 Å². The van der Waals surface area contributed by atoms with Crippen LogP contribution in [0.2, 0.25) is 0 Å². The number of anilines is 1. The molecule has 154 valence electrons. The van der Waals surface area contributed by atoms with Crippen LogP contribution in [0, 0.1) is 0 Å². The lowest BCUT2D eigenvalue weighted by Crippen LogP contribution is -2.17. The Morgan fingerprint density at radius 2 is 1.59 bits per heavy atom. The summed E-state index contributed by atoms with van der Waals surface area (Å²) >= 11 is 0. The minimum absolute atomic E-state index is 0.298. The molecule has 9 nitrogen and oxygen atoms in total. The molecule has 0 atom stereocenters. The standard InChI is InChI=1S/C20H22N2O7/c1-25-16-9-15(10-17(26-2)19(16)27-3)22-18(23)12-29-21-11-13-5-7-14(8-6-13)20(24)28-4/h5-11H,12H2,1-4H3,(H,22,23)/b21-11+. The third-order valence-electron chi connectivity index (χ3n) is 3.75. The number of nitrogens with one attached hydrogen (secondary N) is 1. The van der Waals surface area contributed by atoms with Gasteiger partial charge in [0, 0.05) is 17.8 Å². The van der Waals surface area contributed by atoms with E-state index >= 15 is 0 Å². The van der Waals surface area contributed by atoms with Gasteiger partial charge < -0.3 is 29.1 Å². The summed E-state index contributed by atoms with van der Waals surface area (Å²) in [4.78, 5) is 28.4. The van der Waals surface area contributed by atoms with Crippen LogP contribution < -0.4 is 19.5 Å². The van der Waals surface area contributed by atoms with Crippen molar-refractivity contribution in [2.45, 2.75) is 0 Å². The Hall–Kier alpha value is -3.75. The molecule has 29 heavy (non-hydrogen) atoms. The van der Waals surface area contributed by atoms with Crippen molar-refractivity contribution < 1.29 is 33.4 Å². The molecule has 1 N–H and O–H groups in total. The first-order chi connectivity index (χ1) is 14.0. The summed E-state index contributed by atoms with van der Waals surface area (Å²) in [5.74, 6) is 0.408. The highest BCUT2D eigenvalue weighted by molar-refractivity contribution is 5.93. The molecule has 0 aromatic heterocycles. The monoisotopic (exact) mass is 402 g/mol. The number of ether oxygens (including phenoxy) is 4. The van der Waals surface area contributed by atoms with E-state index in [1.807, 2.05) is 0 Å². The number of hydrogen-bond acceptors (Lipinski definition) is 8. The van der Waals surface area contributed by atoms with Crippen molar-refractivity contribution in [2.24, 2.45) is 5.16 Å². The van der Waals surface area contributed by atoms with Crippen molar-refractivity contribution in [3.63, 3.8) is 0 Å². The molecule has 9 heteroatoms. The smallest absolute Gasteiger partial charge is 0.337 e. The van der Waals surface area contributed by atoms with Crippen LogP contribution in [0.15, 0.2) is 41.6 Å². The Kier molecular flexibility index (Phi) is 7.84. The lowest BCUT2D eigenvalue weighted by Gasteiger charge is -2.14. The highest BCUT2D eigenvalue weighted by atomic mass is 16.6. The van der Waals surface area contributed by atoms with Gasteiger partial charge >= 0.3 is 5.97 Å². The van der Waals surface area contributed by atoms with E-state index in [4.69, 9.17) is 19.0 Å². The second-order valence-corrected chi connectivity index (χ2v) is 5.58. The lowest BCUT2D eigenvalue weighted by molar-refractivity contribution is -0.120. The fourth-order valence-corrected chi connectivity index (χ4v) is 2.37. The van der Waals surface area contributed by atoms with Crippen LogP contribution in [-0.2, 0) is 14.4 Å². The number of amides is 1. The maximum atomic E-state index is 12.1. The maximum absolute atomic E-state index is 12.1. The molecule has 2 aromatic rings. The van der Waals surface area contributed by atoms with E-state index in [1.54, 1.807) is 36.4 Å². The van der Waals surface area contributed by atoms with Crippen molar-refractivity contribution in [3.8, 4) is 17.2 Å². The Morgan fingerprint density at radius 1 is 0.966 bits per heavy atom. The molecular formula is C20H22N2O7. The first kappa shape index (κ1) is 21.5. The molecular weight excluding hydrogens is 380 g/mol. The van der Waals surface area contributed by atoms with Crippen LogP contribution in [0.4, 0.5) is 5.69 Å². The molecule has 0 saturated heterocycles. The van der Waals surface area contributed by atoms with Crippen LogP contribution in [-0.4, -0.2) is 53.1 Å². The highest BCUT2D eigenvalue weighted by Gasteiger charge is 2.14. The summed E-state index contributed by atoms with van der Waals surface area (Å²) in [5.41, 5.74) is 1.58. The van der Waals surface area contributed by atoms with Crippen LogP contribution in [0.25, 0.3) is 0 Å². The van der Waals surface area contributed by atoms with Gasteiger partial charge in [-0.25, -0.2) is 4.79 Å². The third kappa shape index (κ3) is 5.86. The summed E-state index contributed by atoms with van der Waals surface area (Å²) in [7, 11) is 5.78. The molecule has 0 fully saturated rings. The van der Waals surface area contributed by atoms with Gasteiger partial charge in [-0.2, -0.15) is 0 Å². The maximum Gasteiger partial charge on any atom is 0.337 e. The zero-order valence-electron chi connectivity index (χ0n) is 16.6. The van der Waals surface area contributed by atoms with E-state index in [0.717, 1.165) is 0 Å². The van der Waals surface area contributed by atoms with Gasteiger partial charge in [-0.15, -0.1) is 0 Å². The average molecular weight is 402 g/mol. The van der Waals surface area contributed by atoms with E-state index in [0.29, 0.717) is 34.1 Å². The molecule has 0 spiro atoms. The van der Waals surface area contributed by atoms with Gasteiger partial charge in [0.2, 0.25) is 5.75 Å². The number of rotatable bonds is 9. The summed E-state index contributed by atoms with van der Waals surface area (Å²) in [6.45, 7) is -0.298. The van der Waals surface area contributed by atoms with Crippen molar-refractivity contribution in [3.05, 3.63) is 47.5 Å². The molecule has 0 unspecified atom stereocenters. The molecule has 1 amide bonds. The second kappa shape index (κ2) is 10.5. The molecule has 0 aliphatic carbocycles. The van der Waals surface area contributed by atoms with Gasteiger partial charge in [0.15, 0.2) is 18.1 Å². The topological polar surface area (TPSA) is 105 Å². The second-order valence-electron chi connectivity index (χ2n) is 5.58.